The molecule has 0 atom stereocenters. The van der Waals surface area contributed by atoms with Crippen molar-refractivity contribution in [2.45, 2.75) is 13.3 Å². The minimum absolute atomic E-state index is 0.978. The lowest BCUT2D eigenvalue weighted by Gasteiger charge is -1.90. The second-order valence-corrected chi connectivity index (χ2v) is 3.27. The van der Waals surface area contributed by atoms with Crippen molar-refractivity contribution in [2.24, 2.45) is 4.99 Å². The highest BCUT2D eigenvalue weighted by atomic mass is 32.1. The molecule has 54 valence electrons. The van der Waals surface area contributed by atoms with E-state index in [9.17, 15) is 0 Å². The van der Waals surface area contributed by atoms with Gasteiger partial charge in [-0.15, -0.1) is 11.3 Å². The molecule has 1 aromatic rings. The topological polar surface area (TPSA) is 12.4 Å². The van der Waals surface area contributed by atoms with Crippen molar-refractivity contribution in [3.8, 4) is 0 Å². The fourth-order valence-electron chi connectivity index (χ4n) is 0.813. The Labute approximate surface area is 65.4 Å². The van der Waals surface area contributed by atoms with Crippen LogP contribution in [-0.4, -0.2) is 13.3 Å². The van der Waals surface area contributed by atoms with Crippen LogP contribution in [0.1, 0.15) is 10.4 Å². The zero-order valence-electron chi connectivity index (χ0n) is 6.29. The second kappa shape index (κ2) is 3.52. The maximum atomic E-state index is 3.93. The maximum Gasteiger partial charge on any atom is 0.0273 e. The molecule has 0 aromatic carbocycles. The van der Waals surface area contributed by atoms with Crippen LogP contribution in [0.15, 0.2) is 16.4 Å². The van der Waals surface area contributed by atoms with Gasteiger partial charge in [0.15, 0.2) is 0 Å². The smallest absolute Gasteiger partial charge is 0.0273 e. The van der Waals surface area contributed by atoms with Crippen LogP contribution < -0.4 is 0 Å². The van der Waals surface area contributed by atoms with Gasteiger partial charge in [-0.05, 0) is 23.9 Å². The van der Waals surface area contributed by atoms with E-state index in [1.165, 1.54) is 10.4 Å². The summed E-state index contributed by atoms with van der Waals surface area (Å²) in [6, 6.07) is 2.15. The van der Waals surface area contributed by atoms with Gasteiger partial charge in [0, 0.05) is 24.6 Å². The van der Waals surface area contributed by atoms with Crippen LogP contribution in [0.5, 0.6) is 0 Å². The zero-order valence-corrected chi connectivity index (χ0v) is 7.11. The fourth-order valence-corrected chi connectivity index (χ4v) is 1.55. The van der Waals surface area contributed by atoms with Crippen molar-refractivity contribution in [2.75, 3.05) is 7.05 Å². The first-order chi connectivity index (χ1) is 4.84. The van der Waals surface area contributed by atoms with Crippen LogP contribution in [0.2, 0.25) is 0 Å². The summed E-state index contributed by atoms with van der Waals surface area (Å²) in [6.45, 7) is 2.14. The molecule has 0 aliphatic heterocycles. The number of nitrogens with zero attached hydrogens (tertiary/aromatic N) is 1. The molecule has 0 fully saturated rings. The van der Waals surface area contributed by atoms with Gasteiger partial charge in [-0.3, -0.25) is 0 Å². The first kappa shape index (κ1) is 7.48. The highest BCUT2D eigenvalue weighted by Crippen LogP contribution is 2.14. The number of aliphatic imine (C=N–C) groups is 1. The highest BCUT2D eigenvalue weighted by molar-refractivity contribution is 7.10. The van der Waals surface area contributed by atoms with Gasteiger partial charge in [0.25, 0.3) is 0 Å². The summed E-state index contributed by atoms with van der Waals surface area (Å²) in [5, 5.41) is 2.12. The summed E-state index contributed by atoms with van der Waals surface area (Å²) in [5.74, 6) is 0. The third-order valence-electron chi connectivity index (χ3n) is 1.46. The van der Waals surface area contributed by atoms with Gasteiger partial charge < -0.3 is 4.99 Å². The van der Waals surface area contributed by atoms with Gasteiger partial charge in [0.05, 0.1) is 0 Å². The van der Waals surface area contributed by atoms with Crippen molar-refractivity contribution >= 4 is 17.6 Å². The quantitative estimate of drug-likeness (QED) is 0.578. The van der Waals surface area contributed by atoms with E-state index < -0.39 is 0 Å². The standard InChI is InChI=1S/C8H11NS/c1-7-8(3-5-9-2)4-6-10-7/h4-6H,3H2,1-2H3. The minimum Gasteiger partial charge on any atom is -0.301 e. The Morgan fingerprint density at radius 1 is 1.70 bits per heavy atom. The number of rotatable bonds is 2. The van der Waals surface area contributed by atoms with Crippen LogP contribution in [0.4, 0.5) is 0 Å². The predicted molar refractivity (Wildman–Crippen MR) is 47.2 cm³/mol. The number of aryl methyl sites for hydroxylation is 1. The number of hydrogen-bond acceptors (Lipinski definition) is 2. The van der Waals surface area contributed by atoms with E-state index in [2.05, 4.69) is 23.4 Å². The molecule has 0 bridgehead atoms. The summed E-state index contributed by atoms with van der Waals surface area (Å²) in [5.41, 5.74) is 1.40. The highest BCUT2D eigenvalue weighted by Gasteiger charge is 1.94. The molecule has 0 unspecified atom stereocenters. The Morgan fingerprint density at radius 2 is 2.50 bits per heavy atom. The van der Waals surface area contributed by atoms with Crippen LogP contribution in [0, 0.1) is 6.92 Å². The summed E-state index contributed by atoms with van der Waals surface area (Å²) in [7, 11) is 1.81. The first-order valence-corrected chi connectivity index (χ1v) is 4.16. The fraction of sp³-hybridized carbons (Fsp3) is 0.375. The summed E-state index contributed by atoms with van der Waals surface area (Å²) in [6.07, 6.45) is 2.92. The van der Waals surface area contributed by atoms with Gasteiger partial charge in [0.1, 0.15) is 0 Å². The second-order valence-electron chi connectivity index (χ2n) is 2.15. The third kappa shape index (κ3) is 1.67. The largest absolute Gasteiger partial charge is 0.301 e. The molecule has 1 nitrogen and oxygen atoms in total. The van der Waals surface area contributed by atoms with Crippen LogP contribution >= 0.6 is 11.3 Å². The van der Waals surface area contributed by atoms with Crippen molar-refractivity contribution in [3.05, 3.63) is 21.9 Å². The van der Waals surface area contributed by atoms with Gasteiger partial charge in [-0.25, -0.2) is 0 Å². The van der Waals surface area contributed by atoms with Crippen molar-refractivity contribution < 1.29 is 0 Å². The van der Waals surface area contributed by atoms with Gasteiger partial charge in [-0.2, -0.15) is 0 Å². The minimum atomic E-state index is 0.978. The Bertz CT molecular complexity index is 225. The van der Waals surface area contributed by atoms with Gasteiger partial charge in [0.2, 0.25) is 0 Å². The summed E-state index contributed by atoms with van der Waals surface area (Å²) in [4.78, 5) is 5.33. The summed E-state index contributed by atoms with van der Waals surface area (Å²) >= 11 is 1.79. The van der Waals surface area contributed by atoms with E-state index in [1.807, 2.05) is 13.3 Å². The molecule has 10 heavy (non-hydrogen) atoms. The molecule has 0 amide bonds. The first-order valence-electron chi connectivity index (χ1n) is 3.28. The van der Waals surface area contributed by atoms with Crippen LogP contribution in [-0.2, 0) is 6.42 Å². The lowest BCUT2D eigenvalue weighted by molar-refractivity contribution is 1.31. The third-order valence-corrected chi connectivity index (χ3v) is 2.35. The molecule has 0 saturated heterocycles. The molecule has 2 heteroatoms. The van der Waals surface area contributed by atoms with Gasteiger partial charge >= 0.3 is 0 Å². The molecule has 1 aromatic heterocycles. The number of hydrogen-bond donors (Lipinski definition) is 0. The molecule has 0 aliphatic carbocycles. The normalized spacial score (nSPS) is 11.0. The van der Waals surface area contributed by atoms with Crippen LogP contribution in [0.3, 0.4) is 0 Å². The Kier molecular flexibility index (Phi) is 2.63. The predicted octanol–water partition coefficient (Wildman–Crippen LogP) is 2.30. The molecule has 1 rings (SSSR count). The number of thiophene rings is 1. The molecular formula is C8H11NS. The van der Waals surface area contributed by atoms with E-state index in [0.29, 0.717) is 0 Å². The maximum absolute atomic E-state index is 3.93. The van der Waals surface area contributed by atoms with Crippen molar-refractivity contribution in [3.63, 3.8) is 0 Å². The molecule has 0 aliphatic rings. The van der Waals surface area contributed by atoms with Crippen molar-refractivity contribution in [1.82, 2.24) is 0 Å². The molecule has 0 spiro atoms. The molecule has 0 radical (unpaired) electrons. The Morgan fingerprint density at radius 3 is 3.00 bits per heavy atom. The summed E-state index contributed by atoms with van der Waals surface area (Å²) < 4.78 is 0. The van der Waals surface area contributed by atoms with Gasteiger partial charge in [-0.1, -0.05) is 0 Å². The molecular weight excluding hydrogens is 142 g/mol. The van der Waals surface area contributed by atoms with E-state index in [0.717, 1.165) is 6.42 Å². The Hall–Kier alpha value is -0.630. The monoisotopic (exact) mass is 153 g/mol. The average Bonchev–Trinajstić information content (AvgIpc) is 2.31. The van der Waals surface area contributed by atoms with E-state index in [4.69, 9.17) is 0 Å². The Balaban J connectivity index is 2.65. The lowest BCUT2D eigenvalue weighted by Crippen LogP contribution is -1.83. The lowest BCUT2D eigenvalue weighted by atomic mass is 10.2. The van der Waals surface area contributed by atoms with E-state index in [-0.39, 0.29) is 0 Å². The molecule has 0 saturated carbocycles. The SMILES string of the molecule is CN=CCc1ccsc1C. The van der Waals surface area contributed by atoms with Crippen LogP contribution in [0.25, 0.3) is 0 Å². The average molecular weight is 153 g/mol. The van der Waals surface area contributed by atoms with Crippen molar-refractivity contribution in [1.29, 1.82) is 0 Å². The van der Waals surface area contributed by atoms with E-state index in [1.54, 1.807) is 11.3 Å². The van der Waals surface area contributed by atoms with E-state index >= 15 is 0 Å². The molecule has 0 N–H and O–H groups in total. The molecule has 1 heterocycles. The zero-order chi connectivity index (χ0) is 7.40.